The lowest BCUT2D eigenvalue weighted by molar-refractivity contribution is 0.282. The second-order valence-corrected chi connectivity index (χ2v) is 4.26. The molecule has 0 atom stereocenters. The minimum Gasteiger partial charge on any atom is -0.392 e. The molecule has 1 aromatic heterocycles. The number of hydrogen-bond acceptors (Lipinski definition) is 2. The zero-order chi connectivity index (χ0) is 9.80. The Bertz CT molecular complexity index is 375. The molecule has 0 aliphatic heterocycles. The number of hydrogen-bond donors (Lipinski definition) is 1. The minimum absolute atomic E-state index is 0.124. The number of aliphatic hydroxyl groups excluding tert-OH is 1. The first kappa shape index (κ1) is 9.44. The zero-order valence-electron chi connectivity index (χ0n) is 7.81. The van der Waals surface area contributed by atoms with Crippen LogP contribution in [0.5, 0.6) is 0 Å². The van der Waals surface area contributed by atoms with Gasteiger partial charge in [-0.2, -0.15) is 0 Å². The van der Waals surface area contributed by atoms with Crippen molar-refractivity contribution in [3.63, 3.8) is 0 Å². The maximum absolute atomic E-state index is 8.89. The number of thiophene rings is 1. The molecule has 1 nitrogen and oxygen atoms in total. The van der Waals surface area contributed by atoms with Gasteiger partial charge in [0.15, 0.2) is 0 Å². The van der Waals surface area contributed by atoms with Crippen LogP contribution in [0.25, 0.3) is 0 Å². The summed E-state index contributed by atoms with van der Waals surface area (Å²) in [7, 11) is 0. The van der Waals surface area contributed by atoms with E-state index in [-0.39, 0.29) is 6.61 Å². The third-order valence-electron chi connectivity index (χ3n) is 2.16. The summed E-state index contributed by atoms with van der Waals surface area (Å²) in [6, 6.07) is 12.3. The van der Waals surface area contributed by atoms with Gasteiger partial charge in [-0.05, 0) is 22.6 Å². The largest absolute Gasteiger partial charge is 0.392 e. The molecule has 0 amide bonds. The minimum atomic E-state index is 0.124. The highest BCUT2D eigenvalue weighted by atomic mass is 32.1. The van der Waals surface area contributed by atoms with E-state index in [9.17, 15) is 0 Å². The summed E-state index contributed by atoms with van der Waals surface area (Å²) in [5, 5.41) is 11.0. The van der Waals surface area contributed by atoms with Gasteiger partial charge in [0.2, 0.25) is 0 Å². The van der Waals surface area contributed by atoms with Crippen LogP contribution in [0.3, 0.4) is 0 Å². The Balaban J connectivity index is 2.10. The van der Waals surface area contributed by atoms with Crippen LogP contribution in [0.1, 0.15) is 16.0 Å². The predicted molar refractivity (Wildman–Crippen MR) is 59.5 cm³/mol. The maximum Gasteiger partial charge on any atom is 0.0681 e. The molecule has 0 bridgehead atoms. The van der Waals surface area contributed by atoms with E-state index < -0.39 is 0 Å². The molecule has 0 fully saturated rings. The molecule has 72 valence electrons. The van der Waals surface area contributed by atoms with Crippen LogP contribution < -0.4 is 0 Å². The number of aliphatic hydroxyl groups is 1. The Hall–Kier alpha value is -1.12. The van der Waals surface area contributed by atoms with E-state index in [1.54, 1.807) is 11.3 Å². The average molecular weight is 204 g/mol. The molecule has 0 saturated heterocycles. The van der Waals surface area contributed by atoms with Crippen LogP contribution in [-0.4, -0.2) is 5.11 Å². The Labute approximate surface area is 87.7 Å². The van der Waals surface area contributed by atoms with E-state index in [2.05, 4.69) is 29.6 Å². The SMILES string of the molecule is OCc1ccc(Cc2cccs2)cc1. The van der Waals surface area contributed by atoms with Crippen molar-refractivity contribution in [2.45, 2.75) is 13.0 Å². The molecule has 0 aliphatic rings. The van der Waals surface area contributed by atoms with Crippen LogP contribution in [-0.2, 0) is 13.0 Å². The predicted octanol–water partition coefficient (Wildman–Crippen LogP) is 2.83. The molecule has 2 heteroatoms. The van der Waals surface area contributed by atoms with E-state index in [0.717, 1.165) is 12.0 Å². The van der Waals surface area contributed by atoms with Gasteiger partial charge in [-0.15, -0.1) is 11.3 Å². The Morgan fingerprint density at radius 1 is 1.00 bits per heavy atom. The van der Waals surface area contributed by atoms with Crippen molar-refractivity contribution in [1.29, 1.82) is 0 Å². The third kappa shape index (κ3) is 2.22. The standard InChI is InChI=1S/C12H12OS/c13-9-11-5-3-10(4-6-11)8-12-2-1-7-14-12/h1-7,13H,8-9H2. The second-order valence-electron chi connectivity index (χ2n) is 3.23. The van der Waals surface area contributed by atoms with Gasteiger partial charge in [0, 0.05) is 11.3 Å². The smallest absolute Gasteiger partial charge is 0.0681 e. The first-order chi connectivity index (χ1) is 6.88. The lowest BCUT2D eigenvalue weighted by Crippen LogP contribution is -1.86. The third-order valence-corrected chi connectivity index (χ3v) is 3.04. The highest BCUT2D eigenvalue weighted by molar-refractivity contribution is 7.09. The molecule has 0 unspecified atom stereocenters. The molecular formula is C12H12OS. The highest BCUT2D eigenvalue weighted by Gasteiger charge is 1.97. The molecular weight excluding hydrogens is 192 g/mol. The van der Waals surface area contributed by atoms with Crippen molar-refractivity contribution >= 4 is 11.3 Å². The topological polar surface area (TPSA) is 20.2 Å². The van der Waals surface area contributed by atoms with E-state index in [0.29, 0.717) is 0 Å². The van der Waals surface area contributed by atoms with E-state index in [1.165, 1.54) is 10.4 Å². The lowest BCUT2D eigenvalue weighted by atomic mass is 10.1. The molecule has 1 heterocycles. The van der Waals surface area contributed by atoms with E-state index >= 15 is 0 Å². The highest BCUT2D eigenvalue weighted by Crippen LogP contribution is 2.15. The van der Waals surface area contributed by atoms with Gasteiger partial charge in [0.05, 0.1) is 6.61 Å². The fourth-order valence-electron chi connectivity index (χ4n) is 1.38. The van der Waals surface area contributed by atoms with Crippen LogP contribution in [0.2, 0.25) is 0 Å². The first-order valence-corrected chi connectivity index (χ1v) is 5.47. The zero-order valence-corrected chi connectivity index (χ0v) is 8.63. The summed E-state index contributed by atoms with van der Waals surface area (Å²) < 4.78 is 0. The lowest BCUT2D eigenvalue weighted by Gasteiger charge is -2.00. The van der Waals surface area contributed by atoms with Crippen LogP contribution in [0.15, 0.2) is 41.8 Å². The van der Waals surface area contributed by atoms with Gasteiger partial charge in [-0.1, -0.05) is 30.3 Å². The number of rotatable bonds is 3. The van der Waals surface area contributed by atoms with Crippen molar-refractivity contribution in [3.05, 3.63) is 57.8 Å². The second kappa shape index (κ2) is 4.40. The van der Waals surface area contributed by atoms with Gasteiger partial charge in [0.25, 0.3) is 0 Å². The molecule has 1 aromatic carbocycles. The molecule has 1 N–H and O–H groups in total. The summed E-state index contributed by atoms with van der Waals surface area (Å²) in [6.07, 6.45) is 0.989. The molecule has 0 radical (unpaired) electrons. The van der Waals surface area contributed by atoms with Crippen molar-refractivity contribution in [1.82, 2.24) is 0 Å². The first-order valence-electron chi connectivity index (χ1n) is 4.59. The normalized spacial score (nSPS) is 10.4. The summed E-state index contributed by atoms with van der Waals surface area (Å²) in [6.45, 7) is 0.124. The Morgan fingerprint density at radius 2 is 1.71 bits per heavy atom. The fraction of sp³-hybridized carbons (Fsp3) is 0.167. The summed E-state index contributed by atoms with van der Waals surface area (Å²) in [4.78, 5) is 1.38. The monoisotopic (exact) mass is 204 g/mol. The molecule has 0 spiro atoms. The summed E-state index contributed by atoms with van der Waals surface area (Å²) in [5.74, 6) is 0. The van der Waals surface area contributed by atoms with E-state index in [1.807, 2.05) is 12.1 Å². The molecule has 14 heavy (non-hydrogen) atoms. The fourth-order valence-corrected chi connectivity index (χ4v) is 2.12. The summed E-state index contributed by atoms with van der Waals surface area (Å²) in [5.41, 5.74) is 2.27. The maximum atomic E-state index is 8.89. The Morgan fingerprint density at radius 3 is 2.29 bits per heavy atom. The van der Waals surface area contributed by atoms with E-state index in [4.69, 9.17) is 5.11 Å². The van der Waals surface area contributed by atoms with Crippen LogP contribution in [0, 0.1) is 0 Å². The van der Waals surface area contributed by atoms with Crippen LogP contribution in [0.4, 0.5) is 0 Å². The van der Waals surface area contributed by atoms with Crippen molar-refractivity contribution in [2.24, 2.45) is 0 Å². The van der Waals surface area contributed by atoms with Gasteiger partial charge < -0.3 is 5.11 Å². The Kier molecular flexibility index (Phi) is 2.96. The molecule has 2 rings (SSSR count). The van der Waals surface area contributed by atoms with Gasteiger partial charge in [-0.3, -0.25) is 0 Å². The van der Waals surface area contributed by atoms with Crippen molar-refractivity contribution < 1.29 is 5.11 Å². The van der Waals surface area contributed by atoms with Crippen molar-refractivity contribution in [2.75, 3.05) is 0 Å². The quantitative estimate of drug-likeness (QED) is 0.815. The molecule has 2 aromatic rings. The van der Waals surface area contributed by atoms with Crippen LogP contribution >= 0.6 is 11.3 Å². The van der Waals surface area contributed by atoms with Gasteiger partial charge in [0.1, 0.15) is 0 Å². The number of benzene rings is 1. The van der Waals surface area contributed by atoms with Crippen molar-refractivity contribution in [3.8, 4) is 0 Å². The molecule has 0 saturated carbocycles. The van der Waals surface area contributed by atoms with Gasteiger partial charge >= 0.3 is 0 Å². The average Bonchev–Trinajstić information content (AvgIpc) is 2.72. The van der Waals surface area contributed by atoms with Gasteiger partial charge in [-0.25, -0.2) is 0 Å². The summed E-state index contributed by atoms with van der Waals surface area (Å²) >= 11 is 1.78. The molecule has 0 aliphatic carbocycles.